The smallest absolute Gasteiger partial charge is 0.303 e. The van der Waals surface area contributed by atoms with Crippen molar-refractivity contribution >= 4 is 11.8 Å². The Kier molecular flexibility index (Phi) is 7.42. The van der Waals surface area contributed by atoms with E-state index in [9.17, 15) is 14.7 Å². The van der Waals surface area contributed by atoms with Gasteiger partial charge in [-0.3, -0.25) is 9.59 Å². The number of aliphatic hydroxyl groups excluding tert-OH is 1. The predicted molar refractivity (Wildman–Crippen MR) is 146 cm³/mol. The highest BCUT2D eigenvalue weighted by molar-refractivity contribution is 5.90. The number of ketones is 1. The average Bonchev–Trinajstić information content (AvgIpc) is 3.06. The van der Waals surface area contributed by atoms with Crippen LogP contribution in [0.15, 0.2) is 23.3 Å². The van der Waals surface area contributed by atoms with Crippen LogP contribution < -0.4 is 0 Å². The van der Waals surface area contributed by atoms with Gasteiger partial charge >= 0.3 is 5.97 Å². The maximum atomic E-state index is 12.7. The maximum Gasteiger partial charge on any atom is 0.303 e. The summed E-state index contributed by atoms with van der Waals surface area (Å²) in [6.45, 7) is 16.8. The van der Waals surface area contributed by atoms with Crippen molar-refractivity contribution in [2.75, 3.05) is 7.11 Å². The molecule has 4 aliphatic rings. The summed E-state index contributed by atoms with van der Waals surface area (Å²) in [6, 6.07) is 0. The van der Waals surface area contributed by atoms with Gasteiger partial charge in [0.05, 0.1) is 11.7 Å². The second-order valence-corrected chi connectivity index (χ2v) is 14.0. The van der Waals surface area contributed by atoms with Crippen molar-refractivity contribution in [2.45, 2.75) is 118 Å². The summed E-state index contributed by atoms with van der Waals surface area (Å²) in [5, 5.41) is 10.9. The van der Waals surface area contributed by atoms with Crippen LogP contribution in [0.4, 0.5) is 0 Å². The number of aliphatic hydroxyl groups is 1. The first-order valence-corrected chi connectivity index (χ1v) is 14.4. The van der Waals surface area contributed by atoms with Crippen LogP contribution in [0.2, 0.25) is 0 Å². The Morgan fingerprint density at radius 1 is 1.05 bits per heavy atom. The molecule has 0 amide bonds. The summed E-state index contributed by atoms with van der Waals surface area (Å²) in [5.41, 5.74) is 1.32. The standard InChI is InChI=1S/C32H50O5/c1-19(2)16-22(34)17-20(3)23-12-13-31(8)28-26(37-21(4)33)18-25-24(10-11-27(35)29(25,5)6)32(28,36-9)15-14-30(23,31)7/h16,18,20,23-24,26-28,35H,10-15,17H2,1-9H3/t20-,23-,24-,26+,27+,28+,30-,31+,32-/m1/s1. The molecule has 0 aromatic rings. The molecule has 0 aromatic heterocycles. The fourth-order valence-electron chi connectivity index (χ4n) is 9.66. The summed E-state index contributed by atoms with van der Waals surface area (Å²) in [4.78, 5) is 25.2. The van der Waals surface area contributed by atoms with Gasteiger partial charge in [-0.15, -0.1) is 0 Å². The van der Waals surface area contributed by atoms with E-state index in [0.29, 0.717) is 12.3 Å². The highest BCUT2D eigenvalue weighted by atomic mass is 16.5. The number of carbonyl (C=O) groups excluding carboxylic acids is 2. The molecule has 0 saturated heterocycles. The van der Waals surface area contributed by atoms with Gasteiger partial charge in [-0.05, 0) is 87.2 Å². The Morgan fingerprint density at radius 2 is 1.73 bits per heavy atom. The number of fused-ring (bicyclic) bond motifs is 5. The number of esters is 1. The molecule has 0 radical (unpaired) electrons. The van der Waals surface area contributed by atoms with E-state index in [4.69, 9.17) is 9.47 Å². The Labute approximate surface area is 224 Å². The third-order valence-corrected chi connectivity index (χ3v) is 11.6. The molecule has 9 atom stereocenters. The lowest BCUT2D eigenvalue weighted by atomic mass is 9.41. The Hall–Kier alpha value is -1.46. The summed E-state index contributed by atoms with van der Waals surface area (Å²) in [5.74, 6) is 0.886. The largest absolute Gasteiger partial charge is 0.458 e. The molecule has 4 aliphatic carbocycles. The molecule has 0 spiro atoms. The Balaban J connectivity index is 1.79. The molecule has 208 valence electrons. The second-order valence-electron chi connectivity index (χ2n) is 14.0. The molecule has 0 aromatic carbocycles. The molecule has 5 heteroatoms. The van der Waals surface area contributed by atoms with E-state index in [1.165, 1.54) is 12.5 Å². The number of rotatable bonds is 6. The third-order valence-electron chi connectivity index (χ3n) is 11.6. The number of hydrogen-bond donors (Lipinski definition) is 1. The molecule has 4 rings (SSSR count). The third kappa shape index (κ3) is 4.27. The van der Waals surface area contributed by atoms with Gasteiger partial charge in [-0.25, -0.2) is 0 Å². The van der Waals surface area contributed by atoms with Crippen molar-refractivity contribution in [3.05, 3.63) is 23.3 Å². The topological polar surface area (TPSA) is 72.8 Å². The SMILES string of the molecule is CO[C@@]12CC[C@]3(C)[C@@H]([C@H](C)CC(=O)C=C(C)C)CC[C@@]3(C)[C@@H]1[C@@H](OC(C)=O)C=C1[C@H]2CC[C@H](O)C1(C)C. The van der Waals surface area contributed by atoms with Gasteiger partial charge in [0.15, 0.2) is 5.78 Å². The lowest BCUT2D eigenvalue weighted by molar-refractivity contribution is -0.240. The van der Waals surface area contributed by atoms with Gasteiger partial charge in [0.25, 0.3) is 0 Å². The number of ether oxygens (including phenoxy) is 2. The van der Waals surface area contributed by atoms with Gasteiger partial charge in [0.1, 0.15) is 6.10 Å². The van der Waals surface area contributed by atoms with Crippen molar-refractivity contribution < 1.29 is 24.2 Å². The van der Waals surface area contributed by atoms with E-state index in [2.05, 4.69) is 40.7 Å². The van der Waals surface area contributed by atoms with E-state index >= 15 is 0 Å². The highest BCUT2D eigenvalue weighted by Gasteiger charge is 2.71. The maximum absolute atomic E-state index is 12.7. The Bertz CT molecular complexity index is 989. The molecular weight excluding hydrogens is 464 g/mol. The van der Waals surface area contributed by atoms with Crippen LogP contribution in [-0.4, -0.2) is 41.8 Å². The van der Waals surface area contributed by atoms with Gasteiger partial charge in [0.2, 0.25) is 0 Å². The zero-order chi connectivity index (χ0) is 27.6. The molecule has 5 nitrogen and oxygen atoms in total. The van der Waals surface area contributed by atoms with E-state index in [-0.39, 0.29) is 46.4 Å². The molecule has 0 bridgehead atoms. The van der Waals surface area contributed by atoms with Crippen molar-refractivity contribution in [3.8, 4) is 0 Å². The lowest BCUT2D eigenvalue weighted by Gasteiger charge is -2.66. The number of carbonyl (C=O) groups is 2. The number of allylic oxidation sites excluding steroid dienone is 2. The van der Waals surface area contributed by atoms with Crippen molar-refractivity contribution in [2.24, 2.45) is 39.9 Å². The zero-order valence-corrected chi connectivity index (χ0v) is 24.6. The van der Waals surface area contributed by atoms with E-state index in [1.807, 2.05) is 21.0 Å². The zero-order valence-electron chi connectivity index (χ0n) is 24.6. The average molecular weight is 515 g/mol. The summed E-state index contributed by atoms with van der Waals surface area (Å²) < 4.78 is 12.8. The molecule has 3 fully saturated rings. The quantitative estimate of drug-likeness (QED) is 0.251. The fraction of sp³-hybridized carbons (Fsp3) is 0.812. The normalized spacial score (nSPS) is 43.0. The van der Waals surface area contributed by atoms with Crippen LogP contribution in [0.5, 0.6) is 0 Å². The number of methoxy groups -OCH3 is 1. The molecule has 37 heavy (non-hydrogen) atoms. The van der Waals surface area contributed by atoms with Crippen LogP contribution in [0.1, 0.15) is 100 Å². The van der Waals surface area contributed by atoms with Crippen LogP contribution in [0.3, 0.4) is 0 Å². The van der Waals surface area contributed by atoms with Crippen LogP contribution in [0, 0.1) is 39.9 Å². The molecule has 3 saturated carbocycles. The van der Waals surface area contributed by atoms with Crippen LogP contribution >= 0.6 is 0 Å². The number of hydrogen-bond acceptors (Lipinski definition) is 5. The van der Waals surface area contributed by atoms with Crippen molar-refractivity contribution in [1.29, 1.82) is 0 Å². The van der Waals surface area contributed by atoms with E-state index in [0.717, 1.165) is 44.1 Å². The van der Waals surface area contributed by atoms with Gasteiger partial charge in [-0.1, -0.05) is 45.8 Å². The first-order chi connectivity index (χ1) is 17.1. The van der Waals surface area contributed by atoms with E-state index < -0.39 is 17.1 Å². The van der Waals surface area contributed by atoms with E-state index in [1.54, 1.807) is 6.08 Å². The molecule has 0 unspecified atom stereocenters. The molecule has 0 heterocycles. The Morgan fingerprint density at radius 3 is 2.32 bits per heavy atom. The second kappa shape index (κ2) is 9.62. The van der Waals surface area contributed by atoms with Gasteiger partial charge in [-0.2, -0.15) is 0 Å². The highest BCUT2D eigenvalue weighted by Crippen LogP contribution is 2.73. The van der Waals surface area contributed by atoms with Crippen LogP contribution in [-0.2, 0) is 19.1 Å². The summed E-state index contributed by atoms with van der Waals surface area (Å²) in [7, 11) is 1.85. The fourth-order valence-corrected chi connectivity index (χ4v) is 9.66. The molecule has 1 N–H and O–H groups in total. The molecule has 0 aliphatic heterocycles. The summed E-state index contributed by atoms with van der Waals surface area (Å²) >= 11 is 0. The predicted octanol–water partition coefficient (Wildman–Crippen LogP) is 6.43. The first-order valence-electron chi connectivity index (χ1n) is 14.4. The van der Waals surface area contributed by atoms with Gasteiger partial charge < -0.3 is 14.6 Å². The minimum atomic E-state index is -0.439. The lowest BCUT2D eigenvalue weighted by Crippen LogP contribution is -2.68. The van der Waals surface area contributed by atoms with Crippen molar-refractivity contribution in [3.63, 3.8) is 0 Å². The minimum Gasteiger partial charge on any atom is -0.458 e. The first kappa shape index (κ1) is 28.5. The van der Waals surface area contributed by atoms with Crippen LogP contribution in [0.25, 0.3) is 0 Å². The van der Waals surface area contributed by atoms with Gasteiger partial charge in [0, 0.05) is 37.7 Å². The van der Waals surface area contributed by atoms with Crippen molar-refractivity contribution in [1.82, 2.24) is 0 Å². The molecular formula is C32H50O5. The monoisotopic (exact) mass is 514 g/mol. The summed E-state index contributed by atoms with van der Waals surface area (Å²) in [6.07, 6.45) is 9.43. The minimum absolute atomic E-state index is 0.0117.